The first-order chi connectivity index (χ1) is 28.4. The molecule has 2 fully saturated rings. The largest absolute Gasteiger partial charge is 0.472 e. The summed E-state index contributed by atoms with van der Waals surface area (Å²) in [5.41, 5.74) is 0.559. The zero-order valence-corrected chi connectivity index (χ0v) is 37.7. The second-order valence-electron chi connectivity index (χ2n) is 18.6. The number of halogens is 5. The second-order valence-corrected chi connectivity index (χ2v) is 24.1. The molecule has 0 saturated carbocycles. The fourth-order valence-electron chi connectivity index (χ4n) is 10.5. The van der Waals surface area contributed by atoms with Gasteiger partial charge in [-0.2, -0.15) is 13.2 Å². The number of aryl methyl sites for hydroxylation is 1. The molecule has 4 atom stereocenters. The Labute approximate surface area is 354 Å². The molecule has 9 nitrogen and oxygen atoms in total. The van der Waals surface area contributed by atoms with Gasteiger partial charge in [-0.05, 0) is 87.7 Å². The highest BCUT2D eigenvalue weighted by atomic mass is 28.3. The average molecular weight is 865 g/mol. The van der Waals surface area contributed by atoms with Crippen molar-refractivity contribution in [1.29, 1.82) is 0 Å². The summed E-state index contributed by atoms with van der Waals surface area (Å²) in [5.74, 6) is -0.0148. The van der Waals surface area contributed by atoms with Crippen molar-refractivity contribution in [2.24, 2.45) is 0 Å². The molecule has 3 aliphatic rings. The van der Waals surface area contributed by atoms with Crippen LogP contribution in [0.1, 0.15) is 109 Å². The third-order valence-corrected chi connectivity index (χ3v) is 19.2. The molecule has 0 unspecified atom stereocenters. The Morgan fingerprint density at radius 2 is 1.61 bits per heavy atom. The van der Waals surface area contributed by atoms with Crippen molar-refractivity contribution in [3.8, 4) is 28.6 Å². The Morgan fingerprint density at radius 3 is 2.20 bits per heavy atom. The van der Waals surface area contributed by atoms with Gasteiger partial charge in [-0.1, -0.05) is 53.5 Å². The number of hydrogen-bond donors (Lipinski definition) is 0. The van der Waals surface area contributed by atoms with Crippen molar-refractivity contribution in [3.63, 3.8) is 0 Å². The van der Waals surface area contributed by atoms with Gasteiger partial charge in [0.2, 0.25) is 5.88 Å². The summed E-state index contributed by atoms with van der Waals surface area (Å²) in [6.45, 7) is 21.0. The molecular weight excluding hydrogens is 812 g/mol. The molecule has 0 radical (unpaired) electrons. The van der Waals surface area contributed by atoms with E-state index in [2.05, 4.69) is 63.0 Å². The van der Waals surface area contributed by atoms with Crippen molar-refractivity contribution < 1.29 is 45.8 Å². The fourth-order valence-corrected chi connectivity index (χ4v) is 15.7. The number of carbonyl (C=O) groups excluding carboxylic acids is 2. The monoisotopic (exact) mass is 864 g/mol. The lowest BCUT2D eigenvalue weighted by atomic mass is 9.92. The molecule has 2 aromatic heterocycles. The number of esters is 1. The zero-order chi connectivity index (χ0) is 44.8. The highest BCUT2D eigenvalue weighted by molar-refractivity contribution is 6.90. The maximum Gasteiger partial charge on any atom is 0.418 e. The quantitative estimate of drug-likeness (QED) is 0.0847. The summed E-state index contributed by atoms with van der Waals surface area (Å²) in [5, 5.41) is -0.758. The van der Waals surface area contributed by atoms with E-state index in [1.807, 2.05) is 4.90 Å². The molecule has 5 heterocycles. The van der Waals surface area contributed by atoms with Gasteiger partial charge in [0.05, 0.1) is 53.0 Å². The molecule has 7 rings (SSSR count). The van der Waals surface area contributed by atoms with Crippen molar-refractivity contribution >= 4 is 47.5 Å². The van der Waals surface area contributed by atoms with Gasteiger partial charge in [-0.3, -0.25) is 4.90 Å². The maximum absolute atomic E-state index is 17.9. The van der Waals surface area contributed by atoms with Crippen LogP contribution < -0.4 is 9.64 Å². The Morgan fingerprint density at radius 1 is 0.951 bits per heavy atom. The van der Waals surface area contributed by atoms with Crippen LogP contribution in [-0.4, -0.2) is 78.5 Å². The minimum atomic E-state index is -5.09. The number of piperazine rings is 1. The van der Waals surface area contributed by atoms with Crippen molar-refractivity contribution in [3.05, 3.63) is 58.3 Å². The summed E-state index contributed by atoms with van der Waals surface area (Å²) in [6.07, 6.45) is -5.26. The number of amides is 1. The number of hydrogen-bond acceptors (Lipinski definition) is 8. The topological polar surface area (TPSA) is 94.1 Å². The number of methoxy groups -OCH3 is 1. The van der Waals surface area contributed by atoms with Crippen LogP contribution >= 0.6 is 0 Å². The number of pyridine rings is 2. The molecule has 3 aliphatic heterocycles. The highest BCUT2D eigenvalue weighted by Gasteiger charge is 2.54. The third kappa shape index (κ3) is 7.26. The number of benzene rings is 2. The molecule has 4 aromatic rings. The Hall–Kier alpha value is -4.97. The van der Waals surface area contributed by atoms with Crippen LogP contribution in [0.5, 0.6) is 5.88 Å². The van der Waals surface area contributed by atoms with Crippen LogP contribution in [0.4, 0.5) is 32.6 Å². The summed E-state index contributed by atoms with van der Waals surface area (Å²) >= 11 is 0. The molecule has 326 valence electrons. The second kappa shape index (κ2) is 15.4. The van der Waals surface area contributed by atoms with Gasteiger partial charge in [-0.25, -0.2) is 28.3 Å². The van der Waals surface area contributed by atoms with Crippen LogP contribution in [0.3, 0.4) is 0 Å². The van der Waals surface area contributed by atoms with Crippen LogP contribution in [0.25, 0.3) is 32.8 Å². The number of carbonyl (C=O) groups is 2. The molecule has 0 aliphatic carbocycles. The molecule has 0 spiro atoms. The van der Waals surface area contributed by atoms with Crippen molar-refractivity contribution in [2.75, 3.05) is 18.6 Å². The normalized spacial score (nSPS) is 20.2. The summed E-state index contributed by atoms with van der Waals surface area (Å²) in [6, 6.07) is 3.84. The number of ether oxygens (including phenoxy) is 3. The fraction of sp³-hybridized carbons (Fsp3) is 0.522. The first-order valence-electron chi connectivity index (χ1n) is 20.9. The minimum Gasteiger partial charge on any atom is -0.472 e. The van der Waals surface area contributed by atoms with Gasteiger partial charge in [-0.15, -0.1) is 5.54 Å². The number of fused-ring (bicyclic) bond motifs is 6. The van der Waals surface area contributed by atoms with E-state index in [9.17, 15) is 9.59 Å². The van der Waals surface area contributed by atoms with E-state index in [0.717, 1.165) is 7.11 Å². The Balaban J connectivity index is 1.55. The van der Waals surface area contributed by atoms with Crippen LogP contribution in [0.15, 0.2) is 24.3 Å². The maximum atomic E-state index is 17.9. The molecule has 2 saturated heterocycles. The molecule has 0 N–H and O–H groups in total. The van der Waals surface area contributed by atoms with E-state index >= 15 is 22.0 Å². The average Bonchev–Trinajstić information content (AvgIpc) is 3.40. The molecule has 2 aromatic carbocycles. The highest BCUT2D eigenvalue weighted by Crippen LogP contribution is 2.51. The smallest absolute Gasteiger partial charge is 0.418 e. The summed E-state index contributed by atoms with van der Waals surface area (Å²) in [4.78, 5) is 39.5. The van der Waals surface area contributed by atoms with E-state index in [1.54, 1.807) is 32.6 Å². The van der Waals surface area contributed by atoms with Gasteiger partial charge < -0.3 is 19.1 Å². The number of rotatable bonds is 5. The van der Waals surface area contributed by atoms with Gasteiger partial charge in [0.25, 0.3) is 0 Å². The first-order valence-corrected chi connectivity index (χ1v) is 23.1. The Bertz CT molecular complexity index is 2500. The van der Waals surface area contributed by atoms with Crippen LogP contribution in [0, 0.1) is 30.0 Å². The zero-order valence-electron chi connectivity index (χ0n) is 36.7. The lowest BCUT2D eigenvalue weighted by Gasteiger charge is -2.48. The van der Waals surface area contributed by atoms with Gasteiger partial charge >= 0.3 is 18.2 Å². The van der Waals surface area contributed by atoms with E-state index in [4.69, 9.17) is 14.2 Å². The predicted octanol–water partition coefficient (Wildman–Crippen LogP) is 11.1. The summed E-state index contributed by atoms with van der Waals surface area (Å²) < 4.78 is 97.6. The van der Waals surface area contributed by atoms with Crippen LogP contribution in [-0.2, 0) is 15.7 Å². The van der Waals surface area contributed by atoms with Gasteiger partial charge in [0.15, 0.2) is 5.82 Å². The molecule has 2 bridgehead atoms. The minimum absolute atomic E-state index is 0.0478. The third-order valence-electron chi connectivity index (χ3n) is 12.9. The predicted molar refractivity (Wildman–Crippen MR) is 228 cm³/mol. The van der Waals surface area contributed by atoms with E-state index in [0.29, 0.717) is 12.8 Å². The van der Waals surface area contributed by atoms with Gasteiger partial charge in [0, 0.05) is 22.9 Å². The number of nitrogens with zero attached hydrogens (tertiary/aromatic N) is 4. The molecule has 15 heteroatoms. The molecule has 1 amide bonds. The van der Waals surface area contributed by atoms with Crippen molar-refractivity contribution in [2.45, 2.75) is 142 Å². The Kier molecular flexibility index (Phi) is 11.2. The SMILES string of the molecule is COC(=O)c1cc(-c2nc3c4c(nc(C)c(C(F)(F)F)c4c2F)N2C[C@H]4CC[C@@H]([C@H]2[C@H](C)O3)N4C(=O)OC(C)(C)C)c2c(C#C[Si](C(C)C)(C(C)C)C(C)C)c(F)ccc2c1. The van der Waals surface area contributed by atoms with E-state index < -0.39 is 84.1 Å². The lowest BCUT2D eigenvalue weighted by molar-refractivity contribution is -0.137. The summed E-state index contributed by atoms with van der Waals surface area (Å²) in [7, 11) is -1.32. The standard InChI is InChI=1S/C46H53F5N4O5Si/c1-22(2)61(23(3)4,24(5)6)18-17-30-32(47)15-13-27-19-28(43(56)58-12)20-31(34(27)30)39-38(48)35-36-41(52-25(7)37(35)46(49,50)51)54-21-29-14-16-33(40(54)26(8)59-42(36)53-39)55(29)44(57)60-45(9,10)11/h13,15,19-20,22-24,26,29,33,40H,14,16,21H2,1-12H3/t26-,29+,33-,40+/m0/s1. The molecule has 61 heavy (non-hydrogen) atoms. The molecular formula is C46H53F5N4O5Si. The van der Waals surface area contributed by atoms with Crippen molar-refractivity contribution in [1.82, 2.24) is 14.9 Å². The first kappa shape index (κ1) is 44.1. The number of anilines is 1. The lowest BCUT2D eigenvalue weighted by Crippen LogP contribution is -2.65. The van der Waals surface area contributed by atoms with Crippen LogP contribution in [0.2, 0.25) is 16.6 Å². The van der Waals surface area contributed by atoms with E-state index in [-0.39, 0.29) is 73.8 Å². The van der Waals surface area contributed by atoms with E-state index in [1.165, 1.54) is 31.2 Å². The van der Waals surface area contributed by atoms with Gasteiger partial charge in [0.1, 0.15) is 37.1 Å². The number of alkyl halides is 3. The number of aromatic nitrogens is 2.